The Morgan fingerprint density at radius 2 is 2.26 bits per heavy atom. The molecule has 0 aliphatic carbocycles. The van der Waals surface area contributed by atoms with Gasteiger partial charge in [0.1, 0.15) is 0 Å². The highest BCUT2D eigenvalue weighted by molar-refractivity contribution is 6.31. The molecule has 0 radical (unpaired) electrons. The Morgan fingerprint density at radius 1 is 1.53 bits per heavy atom. The van der Waals surface area contributed by atoms with E-state index in [4.69, 9.17) is 17.3 Å². The van der Waals surface area contributed by atoms with Gasteiger partial charge in [0.25, 0.3) is 0 Å². The molecule has 104 valence electrons. The zero-order chi connectivity index (χ0) is 13.8. The summed E-state index contributed by atoms with van der Waals surface area (Å²) in [6.45, 7) is 3.33. The highest BCUT2D eigenvalue weighted by Gasteiger charge is 2.32. The molecular formula is C15H21ClN2O. The summed E-state index contributed by atoms with van der Waals surface area (Å²) in [5.41, 5.74) is 6.61. The topological polar surface area (TPSA) is 46.3 Å². The molecule has 1 amide bonds. The van der Waals surface area contributed by atoms with Gasteiger partial charge in [0, 0.05) is 17.5 Å². The van der Waals surface area contributed by atoms with E-state index in [1.807, 2.05) is 36.1 Å². The molecule has 1 aromatic rings. The fraction of sp³-hybridized carbons (Fsp3) is 0.533. The second kappa shape index (κ2) is 6.40. The Labute approximate surface area is 119 Å². The molecule has 1 heterocycles. The Hall–Kier alpha value is -1.06. The van der Waals surface area contributed by atoms with E-state index in [0.717, 1.165) is 36.4 Å². The van der Waals surface area contributed by atoms with E-state index < -0.39 is 0 Å². The zero-order valence-corrected chi connectivity index (χ0v) is 12.1. The normalized spacial score (nSPS) is 20.6. The van der Waals surface area contributed by atoms with Crippen molar-refractivity contribution < 1.29 is 4.79 Å². The highest BCUT2D eigenvalue weighted by atomic mass is 35.5. The Bertz CT molecular complexity index is 450. The van der Waals surface area contributed by atoms with E-state index in [1.165, 1.54) is 0 Å². The molecule has 2 rings (SSSR count). The first-order valence-corrected chi connectivity index (χ1v) is 7.28. The third-order valence-electron chi connectivity index (χ3n) is 3.82. The molecule has 0 spiro atoms. The highest BCUT2D eigenvalue weighted by Crippen LogP contribution is 2.36. The standard InChI is InChI=1S/C15H21ClN2O/c1-11(8-9-17)15(19)18-10-4-7-14(18)12-5-2-3-6-13(12)16/h2-3,5-6,11,14H,4,7-10,17H2,1H3. The van der Waals surface area contributed by atoms with Crippen LogP contribution in [-0.2, 0) is 4.79 Å². The maximum absolute atomic E-state index is 12.5. The molecule has 19 heavy (non-hydrogen) atoms. The maximum Gasteiger partial charge on any atom is 0.225 e. The van der Waals surface area contributed by atoms with E-state index >= 15 is 0 Å². The number of nitrogens with two attached hydrogens (primary N) is 1. The maximum atomic E-state index is 12.5. The number of rotatable bonds is 4. The summed E-state index contributed by atoms with van der Waals surface area (Å²) >= 11 is 6.26. The molecule has 4 heteroatoms. The van der Waals surface area contributed by atoms with E-state index in [-0.39, 0.29) is 17.9 Å². The van der Waals surface area contributed by atoms with E-state index in [1.54, 1.807) is 0 Å². The summed E-state index contributed by atoms with van der Waals surface area (Å²) in [5.74, 6) is 0.195. The summed E-state index contributed by atoms with van der Waals surface area (Å²) in [4.78, 5) is 14.4. The van der Waals surface area contributed by atoms with Gasteiger partial charge in [-0.05, 0) is 37.4 Å². The molecule has 2 N–H and O–H groups in total. The van der Waals surface area contributed by atoms with Gasteiger partial charge < -0.3 is 10.6 Å². The number of halogens is 1. The molecule has 1 aliphatic rings. The second-order valence-electron chi connectivity index (χ2n) is 5.19. The smallest absolute Gasteiger partial charge is 0.225 e. The third kappa shape index (κ3) is 3.10. The summed E-state index contributed by atoms with van der Waals surface area (Å²) in [6, 6.07) is 7.93. The van der Waals surface area contributed by atoms with Crippen molar-refractivity contribution in [2.45, 2.75) is 32.2 Å². The van der Waals surface area contributed by atoms with Gasteiger partial charge in [0.05, 0.1) is 6.04 Å². The van der Waals surface area contributed by atoms with Gasteiger partial charge in [-0.25, -0.2) is 0 Å². The monoisotopic (exact) mass is 280 g/mol. The van der Waals surface area contributed by atoms with Crippen LogP contribution in [-0.4, -0.2) is 23.9 Å². The van der Waals surface area contributed by atoms with Crippen molar-refractivity contribution >= 4 is 17.5 Å². The Balaban J connectivity index is 2.17. The van der Waals surface area contributed by atoms with Crippen LogP contribution in [0, 0.1) is 5.92 Å². The van der Waals surface area contributed by atoms with Gasteiger partial charge in [0.15, 0.2) is 0 Å². The zero-order valence-electron chi connectivity index (χ0n) is 11.3. The van der Waals surface area contributed by atoms with Crippen LogP contribution in [0.3, 0.4) is 0 Å². The quantitative estimate of drug-likeness (QED) is 0.922. The van der Waals surface area contributed by atoms with Gasteiger partial charge in [-0.15, -0.1) is 0 Å². The van der Waals surface area contributed by atoms with Crippen LogP contribution in [0.1, 0.15) is 37.8 Å². The second-order valence-corrected chi connectivity index (χ2v) is 5.60. The van der Waals surface area contributed by atoms with E-state index in [9.17, 15) is 4.79 Å². The number of carbonyl (C=O) groups excluding carboxylic acids is 1. The first-order chi connectivity index (χ1) is 9.15. The van der Waals surface area contributed by atoms with Crippen molar-refractivity contribution in [3.63, 3.8) is 0 Å². The lowest BCUT2D eigenvalue weighted by molar-refractivity contribution is -0.136. The minimum atomic E-state index is -0.00640. The van der Waals surface area contributed by atoms with Crippen LogP contribution in [0.4, 0.5) is 0 Å². The van der Waals surface area contributed by atoms with Crippen LogP contribution in [0.2, 0.25) is 5.02 Å². The summed E-state index contributed by atoms with van der Waals surface area (Å²) in [7, 11) is 0. The van der Waals surface area contributed by atoms with Crippen molar-refractivity contribution in [3.05, 3.63) is 34.9 Å². The number of benzene rings is 1. The fourth-order valence-corrected chi connectivity index (χ4v) is 3.02. The Morgan fingerprint density at radius 3 is 2.95 bits per heavy atom. The predicted molar refractivity (Wildman–Crippen MR) is 78.0 cm³/mol. The average molecular weight is 281 g/mol. The molecule has 1 fully saturated rings. The van der Waals surface area contributed by atoms with Crippen molar-refractivity contribution in [3.8, 4) is 0 Å². The Kier molecular flexibility index (Phi) is 4.83. The van der Waals surface area contributed by atoms with Crippen molar-refractivity contribution in [2.75, 3.05) is 13.1 Å². The number of nitrogens with zero attached hydrogens (tertiary/aromatic N) is 1. The van der Waals surface area contributed by atoms with Crippen LogP contribution >= 0.6 is 11.6 Å². The molecule has 2 atom stereocenters. The van der Waals surface area contributed by atoms with Crippen molar-refractivity contribution in [1.29, 1.82) is 0 Å². The molecule has 3 nitrogen and oxygen atoms in total. The minimum absolute atomic E-state index is 0.00640. The van der Waals surface area contributed by atoms with E-state index in [2.05, 4.69) is 0 Å². The number of hydrogen-bond donors (Lipinski definition) is 1. The van der Waals surface area contributed by atoms with Crippen LogP contribution < -0.4 is 5.73 Å². The van der Waals surface area contributed by atoms with Gasteiger partial charge in [0.2, 0.25) is 5.91 Å². The lowest BCUT2D eigenvalue weighted by Gasteiger charge is -2.28. The SMILES string of the molecule is CC(CCN)C(=O)N1CCCC1c1ccccc1Cl. The lowest BCUT2D eigenvalue weighted by atomic mass is 10.0. The van der Waals surface area contributed by atoms with Crippen molar-refractivity contribution in [1.82, 2.24) is 4.90 Å². The molecular weight excluding hydrogens is 260 g/mol. The molecule has 1 aliphatic heterocycles. The van der Waals surface area contributed by atoms with Gasteiger partial charge in [-0.2, -0.15) is 0 Å². The van der Waals surface area contributed by atoms with Crippen LogP contribution in [0.25, 0.3) is 0 Å². The van der Waals surface area contributed by atoms with Gasteiger partial charge in [-0.3, -0.25) is 4.79 Å². The summed E-state index contributed by atoms with van der Waals surface area (Å²) in [6.07, 6.45) is 2.77. The minimum Gasteiger partial charge on any atom is -0.335 e. The predicted octanol–water partition coefficient (Wildman–Crippen LogP) is 2.99. The molecule has 1 aromatic carbocycles. The van der Waals surface area contributed by atoms with Crippen molar-refractivity contribution in [2.24, 2.45) is 11.7 Å². The number of hydrogen-bond acceptors (Lipinski definition) is 2. The molecule has 0 aromatic heterocycles. The first-order valence-electron chi connectivity index (χ1n) is 6.90. The van der Waals surface area contributed by atoms with Crippen LogP contribution in [0.15, 0.2) is 24.3 Å². The van der Waals surface area contributed by atoms with Gasteiger partial charge in [-0.1, -0.05) is 36.7 Å². The molecule has 2 unspecified atom stereocenters. The van der Waals surface area contributed by atoms with E-state index in [0.29, 0.717) is 6.54 Å². The largest absolute Gasteiger partial charge is 0.335 e. The third-order valence-corrected chi connectivity index (χ3v) is 4.17. The summed E-state index contributed by atoms with van der Waals surface area (Å²) in [5, 5.41) is 0.749. The molecule has 0 saturated carbocycles. The van der Waals surface area contributed by atoms with Gasteiger partial charge >= 0.3 is 0 Å². The molecule has 0 bridgehead atoms. The number of carbonyl (C=O) groups is 1. The first kappa shape index (κ1) is 14.4. The fourth-order valence-electron chi connectivity index (χ4n) is 2.76. The lowest BCUT2D eigenvalue weighted by Crippen LogP contribution is -2.35. The average Bonchev–Trinajstić information content (AvgIpc) is 2.87. The number of likely N-dealkylation sites (tertiary alicyclic amines) is 1. The summed E-state index contributed by atoms with van der Waals surface area (Å²) < 4.78 is 0. The van der Waals surface area contributed by atoms with Crippen LogP contribution in [0.5, 0.6) is 0 Å². The number of amides is 1. The molecule has 1 saturated heterocycles.